The lowest BCUT2D eigenvalue weighted by molar-refractivity contribution is 0.0532. The maximum Gasteiger partial charge on any atom is 0.120 e. The molecule has 4 nitrogen and oxygen atoms in total. The Morgan fingerprint density at radius 3 is 2.94 bits per heavy atom. The van der Waals surface area contributed by atoms with Crippen molar-refractivity contribution in [3.63, 3.8) is 0 Å². The third-order valence-electron chi connectivity index (χ3n) is 3.05. The van der Waals surface area contributed by atoms with Crippen molar-refractivity contribution in [1.29, 1.82) is 0 Å². The molecule has 1 atom stereocenters. The highest BCUT2D eigenvalue weighted by atomic mass is 32.1. The van der Waals surface area contributed by atoms with Crippen LogP contribution in [0.2, 0.25) is 0 Å². The van der Waals surface area contributed by atoms with Crippen LogP contribution in [0.15, 0.2) is 18.2 Å². The normalized spacial score (nSPS) is 19.7. The highest BCUT2D eigenvalue weighted by Crippen LogP contribution is 2.27. The maximum atomic E-state index is 5.78. The number of morpholine rings is 1. The first kappa shape index (κ1) is 13.1. The third kappa shape index (κ3) is 2.73. The van der Waals surface area contributed by atoms with Crippen LogP contribution in [0.25, 0.3) is 0 Å². The second kappa shape index (κ2) is 5.54. The van der Waals surface area contributed by atoms with E-state index in [1.165, 1.54) is 0 Å². The zero-order valence-electron chi connectivity index (χ0n) is 10.7. The molecule has 0 aromatic heterocycles. The van der Waals surface area contributed by atoms with Crippen molar-refractivity contribution >= 4 is 22.9 Å². The molecular weight excluding hydrogens is 248 g/mol. The van der Waals surface area contributed by atoms with Gasteiger partial charge in [0.05, 0.1) is 25.5 Å². The maximum absolute atomic E-state index is 5.78. The van der Waals surface area contributed by atoms with Crippen LogP contribution in [0.3, 0.4) is 0 Å². The van der Waals surface area contributed by atoms with Crippen molar-refractivity contribution in [2.24, 2.45) is 5.73 Å². The first-order chi connectivity index (χ1) is 8.61. The average molecular weight is 266 g/mol. The number of methoxy groups -OCH3 is 1. The minimum atomic E-state index is 0.212. The Hall–Kier alpha value is -1.33. The summed E-state index contributed by atoms with van der Waals surface area (Å²) < 4.78 is 10.8. The number of hydrogen-bond acceptors (Lipinski definition) is 4. The summed E-state index contributed by atoms with van der Waals surface area (Å²) in [5, 5.41) is 0. The molecule has 1 heterocycles. The number of nitrogens with zero attached hydrogens (tertiary/aromatic N) is 1. The third-order valence-corrected chi connectivity index (χ3v) is 3.27. The highest BCUT2D eigenvalue weighted by Gasteiger charge is 2.20. The van der Waals surface area contributed by atoms with Gasteiger partial charge in [0, 0.05) is 24.7 Å². The summed E-state index contributed by atoms with van der Waals surface area (Å²) in [5.41, 5.74) is 7.69. The average Bonchev–Trinajstić information content (AvgIpc) is 2.38. The van der Waals surface area contributed by atoms with E-state index in [1.807, 2.05) is 18.2 Å². The molecule has 0 aliphatic carbocycles. The summed E-state index contributed by atoms with van der Waals surface area (Å²) in [6, 6.07) is 5.77. The molecule has 0 spiro atoms. The molecule has 18 heavy (non-hydrogen) atoms. The van der Waals surface area contributed by atoms with E-state index in [0.717, 1.165) is 36.7 Å². The van der Waals surface area contributed by atoms with Gasteiger partial charge in [0.1, 0.15) is 10.7 Å². The van der Waals surface area contributed by atoms with Crippen LogP contribution in [0, 0.1) is 0 Å². The van der Waals surface area contributed by atoms with Crippen LogP contribution in [0.1, 0.15) is 12.5 Å². The number of rotatable bonds is 3. The van der Waals surface area contributed by atoms with Crippen molar-refractivity contribution < 1.29 is 9.47 Å². The van der Waals surface area contributed by atoms with E-state index in [1.54, 1.807) is 7.11 Å². The molecule has 0 radical (unpaired) electrons. The fourth-order valence-corrected chi connectivity index (χ4v) is 2.32. The van der Waals surface area contributed by atoms with Crippen molar-refractivity contribution in [2.45, 2.75) is 13.0 Å². The van der Waals surface area contributed by atoms with Crippen molar-refractivity contribution in [1.82, 2.24) is 0 Å². The van der Waals surface area contributed by atoms with Crippen molar-refractivity contribution in [3.05, 3.63) is 23.8 Å². The molecule has 2 rings (SSSR count). The fraction of sp³-hybridized carbons (Fsp3) is 0.462. The Kier molecular flexibility index (Phi) is 4.04. The second-order valence-electron chi connectivity index (χ2n) is 4.37. The number of ether oxygens (including phenoxy) is 2. The Morgan fingerprint density at radius 2 is 2.33 bits per heavy atom. The molecule has 98 valence electrons. The topological polar surface area (TPSA) is 47.7 Å². The lowest BCUT2D eigenvalue weighted by Gasteiger charge is -2.34. The van der Waals surface area contributed by atoms with Gasteiger partial charge in [0.2, 0.25) is 0 Å². The summed E-state index contributed by atoms with van der Waals surface area (Å²) in [7, 11) is 1.65. The van der Waals surface area contributed by atoms with E-state index >= 15 is 0 Å². The number of nitrogens with two attached hydrogens (primary N) is 1. The zero-order chi connectivity index (χ0) is 13.1. The number of anilines is 1. The van der Waals surface area contributed by atoms with Crippen LogP contribution in [-0.2, 0) is 4.74 Å². The molecule has 1 aromatic rings. The molecule has 1 aliphatic heterocycles. The van der Waals surface area contributed by atoms with Gasteiger partial charge in [-0.05, 0) is 19.1 Å². The van der Waals surface area contributed by atoms with Crippen LogP contribution >= 0.6 is 12.2 Å². The molecule has 5 heteroatoms. The zero-order valence-corrected chi connectivity index (χ0v) is 11.5. The van der Waals surface area contributed by atoms with Gasteiger partial charge < -0.3 is 20.1 Å². The monoisotopic (exact) mass is 266 g/mol. The highest BCUT2D eigenvalue weighted by molar-refractivity contribution is 7.80. The molecule has 1 aromatic carbocycles. The number of hydrogen-bond donors (Lipinski definition) is 1. The first-order valence-electron chi connectivity index (χ1n) is 5.96. The molecule has 1 fully saturated rings. The fourth-order valence-electron chi connectivity index (χ4n) is 2.15. The quantitative estimate of drug-likeness (QED) is 0.841. The molecule has 1 saturated heterocycles. The van der Waals surface area contributed by atoms with E-state index in [9.17, 15) is 0 Å². The standard InChI is InChI=1S/C13H18N2O2S/c1-9-8-15(5-6-17-9)12-7-10(16-2)3-4-11(12)13(14)18/h3-4,7,9H,5-6,8H2,1-2H3,(H2,14,18). The van der Waals surface area contributed by atoms with Gasteiger partial charge in [-0.3, -0.25) is 0 Å². The van der Waals surface area contributed by atoms with Gasteiger partial charge in [-0.2, -0.15) is 0 Å². The summed E-state index contributed by atoms with van der Waals surface area (Å²) >= 11 is 5.11. The minimum Gasteiger partial charge on any atom is -0.497 e. The number of thiocarbonyl (C=S) groups is 1. The van der Waals surface area contributed by atoms with Gasteiger partial charge in [-0.25, -0.2) is 0 Å². The van der Waals surface area contributed by atoms with Gasteiger partial charge in [-0.15, -0.1) is 0 Å². The van der Waals surface area contributed by atoms with Crippen LogP contribution in [0.5, 0.6) is 5.75 Å². The smallest absolute Gasteiger partial charge is 0.120 e. The van der Waals surface area contributed by atoms with Crippen molar-refractivity contribution in [3.8, 4) is 5.75 Å². The SMILES string of the molecule is COc1ccc(C(N)=S)c(N2CCOC(C)C2)c1. The largest absolute Gasteiger partial charge is 0.497 e. The molecule has 0 saturated carbocycles. The van der Waals surface area contributed by atoms with Crippen LogP contribution in [0.4, 0.5) is 5.69 Å². The summed E-state index contributed by atoms with van der Waals surface area (Å²) in [4.78, 5) is 2.65. The first-order valence-corrected chi connectivity index (χ1v) is 6.37. The Balaban J connectivity index is 2.36. The Bertz CT molecular complexity index is 451. The summed E-state index contributed by atoms with van der Waals surface area (Å²) in [6.07, 6.45) is 0.212. The van der Waals surface area contributed by atoms with E-state index in [2.05, 4.69) is 11.8 Å². The van der Waals surface area contributed by atoms with Gasteiger partial charge >= 0.3 is 0 Å². The van der Waals surface area contributed by atoms with Crippen LogP contribution in [-0.4, -0.2) is 37.9 Å². The van der Waals surface area contributed by atoms with E-state index < -0.39 is 0 Å². The lowest BCUT2D eigenvalue weighted by atomic mass is 10.1. The molecule has 2 N–H and O–H groups in total. The Morgan fingerprint density at radius 1 is 1.56 bits per heavy atom. The minimum absolute atomic E-state index is 0.212. The lowest BCUT2D eigenvalue weighted by Crippen LogP contribution is -2.42. The Labute approximate surface area is 113 Å². The number of benzene rings is 1. The van der Waals surface area contributed by atoms with E-state index in [-0.39, 0.29) is 6.10 Å². The molecular formula is C13H18N2O2S. The molecule has 0 amide bonds. The molecule has 1 unspecified atom stereocenters. The van der Waals surface area contributed by atoms with E-state index in [0.29, 0.717) is 4.99 Å². The summed E-state index contributed by atoms with van der Waals surface area (Å²) in [6.45, 7) is 4.46. The van der Waals surface area contributed by atoms with E-state index in [4.69, 9.17) is 27.4 Å². The predicted molar refractivity (Wildman–Crippen MR) is 76.5 cm³/mol. The van der Waals surface area contributed by atoms with Crippen LogP contribution < -0.4 is 15.4 Å². The second-order valence-corrected chi connectivity index (χ2v) is 4.81. The van der Waals surface area contributed by atoms with Gasteiger partial charge in [0.15, 0.2) is 0 Å². The molecule has 0 bridgehead atoms. The van der Waals surface area contributed by atoms with Gasteiger partial charge in [0.25, 0.3) is 0 Å². The predicted octanol–water partition coefficient (Wildman–Crippen LogP) is 1.55. The van der Waals surface area contributed by atoms with Crippen molar-refractivity contribution in [2.75, 3.05) is 31.7 Å². The van der Waals surface area contributed by atoms with Gasteiger partial charge in [-0.1, -0.05) is 12.2 Å². The summed E-state index contributed by atoms with van der Waals surface area (Å²) in [5.74, 6) is 0.809. The molecule has 1 aliphatic rings.